The summed E-state index contributed by atoms with van der Waals surface area (Å²) >= 11 is 0. The molecule has 0 bridgehead atoms. The summed E-state index contributed by atoms with van der Waals surface area (Å²) in [6, 6.07) is 0. The molecule has 0 aromatic carbocycles. The van der Waals surface area contributed by atoms with Crippen LogP contribution in [-0.2, 0) is 14.8 Å². The maximum atomic E-state index is 10.7. The first-order valence-electron chi connectivity index (χ1n) is 3.20. The Morgan fingerprint density at radius 1 is 1.50 bits per heavy atom. The van der Waals surface area contributed by atoms with E-state index in [0.717, 1.165) is 6.42 Å². The maximum absolute atomic E-state index is 10.7. The topological polar surface area (TPSA) is 69.4 Å². The summed E-state index contributed by atoms with van der Waals surface area (Å²) in [5.41, 5.74) is 0. The Hall–Kier alpha value is -0.130. The number of primary sulfonamides is 1. The number of hydrogen-bond acceptors (Lipinski definition) is 3. The van der Waals surface area contributed by atoms with Gasteiger partial charge in [-0.05, 0) is 12.8 Å². The van der Waals surface area contributed by atoms with Gasteiger partial charge in [-0.15, -0.1) is 0 Å². The quantitative estimate of drug-likeness (QED) is 0.567. The molecule has 4 nitrogen and oxygen atoms in total. The molecule has 2 N–H and O–H groups in total. The maximum Gasteiger partial charge on any atom is 0.214 e. The van der Waals surface area contributed by atoms with Gasteiger partial charge in [0, 0.05) is 6.61 Å². The van der Waals surface area contributed by atoms with Crippen molar-refractivity contribution in [1.82, 2.24) is 0 Å². The van der Waals surface area contributed by atoms with Crippen LogP contribution in [0, 0.1) is 0 Å². The van der Waals surface area contributed by atoms with E-state index in [4.69, 9.17) is 9.88 Å². The number of nitrogens with two attached hydrogens (primary N) is 1. The number of hydrogen-bond donors (Lipinski definition) is 1. The number of rotatable bonds is 1. The predicted molar refractivity (Wildman–Crippen MR) is 36.9 cm³/mol. The Morgan fingerprint density at radius 3 is 2.50 bits per heavy atom. The summed E-state index contributed by atoms with van der Waals surface area (Å²) in [7, 11) is -3.35. The molecule has 0 aromatic heterocycles. The molecule has 1 unspecified atom stereocenters. The fraction of sp³-hybridized carbons (Fsp3) is 1.00. The lowest BCUT2D eigenvalue weighted by atomic mass is 10.2. The van der Waals surface area contributed by atoms with Crippen molar-refractivity contribution in [3.63, 3.8) is 0 Å². The fourth-order valence-corrected chi connectivity index (χ4v) is 1.75. The molecular weight excluding hydrogens is 154 g/mol. The van der Waals surface area contributed by atoms with Crippen LogP contribution in [-0.4, -0.2) is 26.9 Å². The predicted octanol–water partition coefficient (Wildman–Crippen LogP) is -0.546. The summed E-state index contributed by atoms with van der Waals surface area (Å²) in [6.45, 7) is 0.921. The highest BCUT2D eigenvalue weighted by Crippen LogP contribution is 2.11. The molecular formula is C5H11NO3S. The van der Waals surface area contributed by atoms with Crippen LogP contribution < -0.4 is 5.14 Å². The summed E-state index contributed by atoms with van der Waals surface area (Å²) in [4.78, 5) is 0. The summed E-state index contributed by atoms with van der Waals surface area (Å²) in [5.74, 6) is 0. The van der Waals surface area contributed by atoms with Gasteiger partial charge in [-0.1, -0.05) is 0 Å². The van der Waals surface area contributed by atoms with Crippen molar-refractivity contribution < 1.29 is 13.2 Å². The average Bonchev–Trinajstić information content (AvgIpc) is 1.88. The largest absolute Gasteiger partial charge is 0.380 e. The zero-order valence-electron chi connectivity index (χ0n) is 5.62. The van der Waals surface area contributed by atoms with Crippen LogP contribution in [0.2, 0.25) is 0 Å². The third kappa shape index (κ3) is 1.93. The Labute approximate surface area is 60.4 Å². The molecule has 0 aliphatic carbocycles. The van der Waals surface area contributed by atoms with E-state index < -0.39 is 15.3 Å². The van der Waals surface area contributed by atoms with Crippen molar-refractivity contribution in [2.45, 2.75) is 18.1 Å². The Bertz CT molecular complexity index is 193. The Kier molecular flexibility index (Phi) is 2.28. The first-order chi connectivity index (χ1) is 4.61. The van der Waals surface area contributed by atoms with Gasteiger partial charge in [-0.2, -0.15) is 0 Å². The van der Waals surface area contributed by atoms with Crippen LogP contribution in [0.3, 0.4) is 0 Å². The Morgan fingerprint density at radius 2 is 2.20 bits per heavy atom. The van der Waals surface area contributed by atoms with Gasteiger partial charge in [0.05, 0.1) is 11.9 Å². The van der Waals surface area contributed by atoms with E-state index in [1.54, 1.807) is 0 Å². The molecule has 0 spiro atoms. The van der Waals surface area contributed by atoms with Gasteiger partial charge >= 0.3 is 0 Å². The van der Waals surface area contributed by atoms with Crippen molar-refractivity contribution in [3.8, 4) is 0 Å². The molecule has 5 heteroatoms. The average molecular weight is 165 g/mol. The SMILES string of the molecule is NS(=O)(=O)C1CCCOC1. The number of ether oxygens (including phenoxy) is 1. The van der Waals surface area contributed by atoms with E-state index >= 15 is 0 Å². The standard InChI is InChI=1S/C5H11NO3S/c6-10(7,8)5-2-1-3-9-4-5/h5H,1-4H2,(H2,6,7,8). The number of sulfonamides is 1. The van der Waals surface area contributed by atoms with E-state index in [1.807, 2.05) is 0 Å². The minimum atomic E-state index is -3.35. The molecule has 60 valence electrons. The molecule has 1 fully saturated rings. The second kappa shape index (κ2) is 2.86. The van der Waals surface area contributed by atoms with Gasteiger partial charge in [0.15, 0.2) is 0 Å². The molecule has 10 heavy (non-hydrogen) atoms. The minimum absolute atomic E-state index is 0.263. The van der Waals surface area contributed by atoms with Gasteiger partial charge in [0.2, 0.25) is 10.0 Å². The van der Waals surface area contributed by atoms with Crippen LogP contribution in [0.1, 0.15) is 12.8 Å². The molecule has 0 radical (unpaired) electrons. The van der Waals surface area contributed by atoms with Gasteiger partial charge in [0.1, 0.15) is 0 Å². The smallest absolute Gasteiger partial charge is 0.214 e. The molecule has 1 saturated heterocycles. The first-order valence-corrected chi connectivity index (χ1v) is 4.81. The lowest BCUT2D eigenvalue weighted by Crippen LogP contribution is -2.35. The van der Waals surface area contributed by atoms with E-state index in [9.17, 15) is 8.42 Å². The molecule has 0 saturated carbocycles. The van der Waals surface area contributed by atoms with Crippen LogP contribution in [0.4, 0.5) is 0 Å². The van der Waals surface area contributed by atoms with E-state index in [0.29, 0.717) is 13.0 Å². The van der Waals surface area contributed by atoms with Crippen LogP contribution >= 0.6 is 0 Å². The molecule has 0 aromatic rings. The van der Waals surface area contributed by atoms with E-state index in [1.165, 1.54) is 0 Å². The van der Waals surface area contributed by atoms with Crippen molar-refractivity contribution in [3.05, 3.63) is 0 Å². The second-order valence-electron chi connectivity index (χ2n) is 2.43. The van der Waals surface area contributed by atoms with E-state index in [-0.39, 0.29) is 6.61 Å². The van der Waals surface area contributed by atoms with Gasteiger partial charge < -0.3 is 4.74 Å². The van der Waals surface area contributed by atoms with Gasteiger partial charge in [-0.25, -0.2) is 13.6 Å². The van der Waals surface area contributed by atoms with E-state index in [2.05, 4.69) is 0 Å². The van der Waals surface area contributed by atoms with Crippen molar-refractivity contribution in [2.75, 3.05) is 13.2 Å². The third-order valence-corrected chi connectivity index (χ3v) is 2.88. The zero-order chi connectivity index (χ0) is 7.61. The normalized spacial score (nSPS) is 28.3. The molecule has 1 atom stereocenters. The van der Waals surface area contributed by atoms with Crippen molar-refractivity contribution in [1.29, 1.82) is 0 Å². The minimum Gasteiger partial charge on any atom is -0.380 e. The van der Waals surface area contributed by atoms with Crippen LogP contribution in [0.25, 0.3) is 0 Å². The van der Waals surface area contributed by atoms with Gasteiger partial charge in [0.25, 0.3) is 0 Å². The molecule has 1 aliphatic rings. The molecule has 0 amide bonds. The highest BCUT2D eigenvalue weighted by atomic mass is 32.2. The highest BCUT2D eigenvalue weighted by Gasteiger charge is 2.23. The zero-order valence-corrected chi connectivity index (χ0v) is 6.43. The first kappa shape index (κ1) is 7.97. The van der Waals surface area contributed by atoms with Crippen molar-refractivity contribution >= 4 is 10.0 Å². The summed E-state index contributed by atoms with van der Waals surface area (Å²) in [5, 5.41) is 4.43. The summed E-state index contributed by atoms with van der Waals surface area (Å²) in [6.07, 6.45) is 1.43. The fourth-order valence-electron chi connectivity index (χ4n) is 0.970. The lowest BCUT2D eigenvalue weighted by Gasteiger charge is -2.19. The molecule has 1 rings (SSSR count). The van der Waals surface area contributed by atoms with Gasteiger partial charge in [-0.3, -0.25) is 0 Å². The highest BCUT2D eigenvalue weighted by molar-refractivity contribution is 7.89. The lowest BCUT2D eigenvalue weighted by molar-refractivity contribution is 0.0991. The van der Waals surface area contributed by atoms with Crippen LogP contribution in [0.15, 0.2) is 0 Å². The Balaban J connectivity index is 2.56. The van der Waals surface area contributed by atoms with Crippen LogP contribution in [0.5, 0.6) is 0 Å². The molecule has 1 aliphatic heterocycles. The molecule has 1 heterocycles. The third-order valence-electron chi connectivity index (χ3n) is 1.58. The van der Waals surface area contributed by atoms with Crippen molar-refractivity contribution in [2.24, 2.45) is 5.14 Å². The summed E-state index contributed by atoms with van der Waals surface area (Å²) < 4.78 is 26.3. The monoisotopic (exact) mass is 165 g/mol. The second-order valence-corrected chi connectivity index (χ2v) is 4.27.